The van der Waals surface area contributed by atoms with E-state index in [1.165, 1.54) is 0 Å². The van der Waals surface area contributed by atoms with Gasteiger partial charge in [-0.15, -0.1) is 0 Å². The molecule has 25 heavy (non-hydrogen) atoms. The van der Waals surface area contributed by atoms with E-state index < -0.39 is 0 Å². The summed E-state index contributed by atoms with van der Waals surface area (Å²) in [7, 11) is 0. The van der Waals surface area contributed by atoms with Crippen LogP contribution in [0.3, 0.4) is 0 Å². The van der Waals surface area contributed by atoms with Gasteiger partial charge < -0.3 is 9.73 Å². The summed E-state index contributed by atoms with van der Waals surface area (Å²) in [5.41, 5.74) is 3.42. The lowest BCUT2D eigenvalue weighted by molar-refractivity contribution is 0.0995. The number of halogens is 1. The van der Waals surface area contributed by atoms with Crippen molar-refractivity contribution >= 4 is 38.4 Å². The van der Waals surface area contributed by atoms with E-state index in [1.54, 1.807) is 12.1 Å². The first-order chi connectivity index (χ1) is 12.2. The van der Waals surface area contributed by atoms with Crippen molar-refractivity contribution < 1.29 is 9.21 Å². The molecule has 0 fully saturated rings. The molecule has 0 unspecified atom stereocenters. The lowest BCUT2D eigenvalue weighted by Gasteiger charge is -2.07. The van der Waals surface area contributed by atoms with Crippen molar-refractivity contribution in [2.45, 2.75) is 0 Å². The van der Waals surface area contributed by atoms with E-state index in [0.29, 0.717) is 10.4 Å². The fraction of sp³-hybridized carbons (Fsp3) is 0. The predicted molar refractivity (Wildman–Crippen MR) is 102 cm³/mol. The molecule has 0 aliphatic rings. The average molecular weight is 393 g/mol. The van der Waals surface area contributed by atoms with Crippen LogP contribution < -0.4 is 5.32 Å². The highest BCUT2D eigenvalue weighted by molar-refractivity contribution is 9.10. The van der Waals surface area contributed by atoms with E-state index in [-0.39, 0.29) is 11.7 Å². The minimum atomic E-state index is -0.297. The van der Waals surface area contributed by atoms with Crippen LogP contribution in [-0.2, 0) is 0 Å². The van der Waals surface area contributed by atoms with Crippen molar-refractivity contribution in [2.75, 3.05) is 5.32 Å². The van der Waals surface area contributed by atoms with Gasteiger partial charge in [-0.25, -0.2) is 4.98 Å². The van der Waals surface area contributed by atoms with Crippen LogP contribution in [0.4, 0.5) is 5.69 Å². The quantitative estimate of drug-likeness (QED) is 0.499. The number of furan rings is 1. The molecule has 4 rings (SSSR count). The van der Waals surface area contributed by atoms with E-state index in [9.17, 15) is 4.79 Å². The molecule has 4 aromatic rings. The van der Waals surface area contributed by atoms with Crippen molar-refractivity contribution in [1.82, 2.24) is 4.98 Å². The fourth-order valence-corrected chi connectivity index (χ4v) is 2.92. The zero-order valence-electron chi connectivity index (χ0n) is 13.1. The number of nitrogens with zero attached hydrogens (tertiary/aromatic N) is 1. The topological polar surface area (TPSA) is 55.1 Å². The zero-order chi connectivity index (χ0) is 17.2. The van der Waals surface area contributed by atoms with Gasteiger partial charge in [0.2, 0.25) is 0 Å². The number of benzene rings is 2. The van der Waals surface area contributed by atoms with Crippen molar-refractivity contribution in [2.24, 2.45) is 0 Å². The number of para-hydroxylation sites is 1. The van der Waals surface area contributed by atoms with E-state index in [4.69, 9.17) is 4.42 Å². The molecule has 1 N–H and O–H groups in total. The SMILES string of the molecule is O=C(Nc1cccc(-c2ccc3ccccc3n2)c1)c1ccc(Br)o1. The molecule has 1 amide bonds. The summed E-state index contributed by atoms with van der Waals surface area (Å²) in [6.45, 7) is 0. The van der Waals surface area contributed by atoms with Gasteiger partial charge in [0.25, 0.3) is 5.91 Å². The van der Waals surface area contributed by atoms with Crippen LogP contribution in [0.25, 0.3) is 22.2 Å². The number of fused-ring (bicyclic) bond motifs is 1. The maximum atomic E-state index is 12.2. The molecule has 0 spiro atoms. The number of anilines is 1. The Balaban J connectivity index is 1.63. The summed E-state index contributed by atoms with van der Waals surface area (Å²) in [4.78, 5) is 16.9. The third-order valence-electron chi connectivity index (χ3n) is 3.81. The number of nitrogens with one attached hydrogen (secondary N) is 1. The highest BCUT2D eigenvalue weighted by atomic mass is 79.9. The second-order valence-corrected chi connectivity index (χ2v) is 6.31. The lowest BCUT2D eigenvalue weighted by atomic mass is 10.1. The number of pyridine rings is 1. The molecular weight excluding hydrogens is 380 g/mol. The van der Waals surface area contributed by atoms with Gasteiger partial charge in [0, 0.05) is 16.6 Å². The van der Waals surface area contributed by atoms with Crippen LogP contribution in [0.15, 0.2) is 81.9 Å². The second-order valence-electron chi connectivity index (χ2n) is 5.53. The number of hydrogen-bond donors (Lipinski definition) is 1. The summed E-state index contributed by atoms with van der Waals surface area (Å²) in [6, 6.07) is 22.9. The normalized spacial score (nSPS) is 10.8. The summed E-state index contributed by atoms with van der Waals surface area (Å²) in [5.74, 6) is -0.0459. The first-order valence-corrected chi connectivity index (χ1v) is 8.51. The Morgan fingerprint density at radius 3 is 2.68 bits per heavy atom. The maximum absolute atomic E-state index is 12.2. The van der Waals surface area contributed by atoms with E-state index >= 15 is 0 Å². The molecule has 0 radical (unpaired) electrons. The lowest BCUT2D eigenvalue weighted by Crippen LogP contribution is -2.10. The van der Waals surface area contributed by atoms with Gasteiger partial charge in [-0.2, -0.15) is 0 Å². The first-order valence-electron chi connectivity index (χ1n) is 7.72. The van der Waals surface area contributed by atoms with E-state index in [1.807, 2.05) is 60.7 Å². The fourth-order valence-electron chi connectivity index (χ4n) is 2.61. The molecule has 5 heteroatoms. The summed E-state index contributed by atoms with van der Waals surface area (Å²) < 4.78 is 5.79. The highest BCUT2D eigenvalue weighted by Gasteiger charge is 2.11. The Morgan fingerprint density at radius 2 is 1.84 bits per heavy atom. The molecular formula is C20H13BrN2O2. The number of amides is 1. The largest absolute Gasteiger partial charge is 0.444 e. The first kappa shape index (κ1) is 15.6. The highest BCUT2D eigenvalue weighted by Crippen LogP contribution is 2.24. The minimum absolute atomic E-state index is 0.251. The number of carbonyl (C=O) groups excluding carboxylic acids is 1. The molecule has 0 aliphatic carbocycles. The molecule has 0 bridgehead atoms. The predicted octanol–water partition coefficient (Wildman–Crippen LogP) is 5.51. The number of rotatable bonds is 3. The van der Waals surface area contributed by atoms with Gasteiger partial charge in [0.15, 0.2) is 10.4 Å². The van der Waals surface area contributed by atoms with E-state index in [2.05, 4.69) is 26.2 Å². The number of hydrogen-bond acceptors (Lipinski definition) is 3. The molecule has 2 aromatic heterocycles. The standard InChI is InChI=1S/C20H13BrN2O2/c21-19-11-10-18(25-19)20(24)22-15-6-3-5-14(12-15)17-9-8-13-4-1-2-7-16(13)23-17/h1-12H,(H,22,24). The molecule has 4 nitrogen and oxygen atoms in total. The van der Waals surface area contributed by atoms with Gasteiger partial charge in [-0.3, -0.25) is 4.79 Å². The molecule has 0 atom stereocenters. The van der Waals surface area contributed by atoms with Crippen LogP contribution in [0.2, 0.25) is 0 Å². The minimum Gasteiger partial charge on any atom is -0.444 e. The zero-order valence-corrected chi connectivity index (χ0v) is 14.7. The summed E-state index contributed by atoms with van der Waals surface area (Å²) >= 11 is 3.19. The Hall–Kier alpha value is -2.92. The van der Waals surface area contributed by atoms with Gasteiger partial charge in [-0.1, -0.05) is 36.4 Å². The van der Waals surface area contributed by atoms with Gasteiger partial charge in [0.05, 0.1) is 11.2 Å². The van der Waals surface area contributed by atoms with Crippen LogP contribution in [0, 0.1) is 0 Å². The molecule has 0 saturated carbocycles. The smallest absolute Gasteiger partial charge is 0.291 e. The van der Waals surface area contributed by atoms with Crippen molar-refractivity contribution in [3.05, 3.63) is 83.2 Å². The summed E-state index contributed by atoms with van der Waals surface area (Å²) in [6.07, 6.45) is 0. The van der Waals surface area contributed by atoms with Crippen molar-refractivity contribution in [3.63, 3.8) is 0 Å². The molecule has 2 heterocycles. The Bertz CT molecular complexity index is 1070. The van der Waals surface area contributed by atoms with Gasteiger partial charge >= 0.3 is 0 Å². The Kier molecular flexibility index (Phi) is 4.07. The molecule has 0 saturated heterocycles. The molecule has 2 aromatic carbocycles. The third-order valence-corrected chi connectivity index (χ3v) is 4.24. The molecule has 0 aliphatic heterocycles. The van der Waals surface area contributed by atoms with Crippen molar-refractivity contribution in [3.8, 4) is 11.3 Å². The van der Waals surface area contributed by atoms with E-state index in [0.717, 1.165) is 22.2 Å². The van der Waals surface area contributed by atoms with Gasteiger partial charge in [-0.05, 0) is 52.3 Å². The van der Waals surface area contributed by atoms with Crippen LogP contribution in [-0.4, -0.2) is 10.9 Å². The third kappa shape index (κ3) is 3.32. The number of carbonyl (C=O) groups is 1. The van der Waals surface area contributed by atoms with Crippen LogP contribution in [0.1, 0.15) is 10.6 Å². The van der Waals surface area contributed by atoms with Crippen molar-refractivity contribution in [1.29, 1.82) is 0 Å². The van der Waals surface area contributed by atoms with Gasteiger partial charge in [0.1, 0.15) is 0 Å². The Labute approximate surface area is 152 Å². The average Bonchev–Trinajstić information content (AvgIpc) is 3.08. The molecule has 122 valence electrons. The summed E-state index contributed by atoms with van der Waals surface area (Å²) in [5, 5.41) is 3.93. The second kappa shape index (κ2) is 6.53. The number of aromatic nitrogens is 1. The van der Waals surface area contributed by atoms with Crippen LogP contribution >= 0.6 is 15.9 Å². The monoisotopic (exact) mass is 392 g/mol. The maximum Gasteiger partial charge on any atom is 0.291 e. The van der Waals surface area contributed by atoms with Crippen LogP contribution in [0.5, 0.6) is 0 Å². The Morgan fingerprint density at radius 1 is 0.960 bits per heavy atom.